The van der Waals surface area contributed by atoms with E-state index >= 15 is 0 Å². The predicted octanol–water partition coefficient (Wildman–Crippen LogP) is 3.01. The van der Waals surface area contributed by atoms with Gasteiger partial charge in [0.1, 0.15) is 5.82 Å². The van der Waals surface area contributed by atoms with Crippen LogP contribution >= 0.6 is 11.6 Å². The van der Waals surface area contributed by atoms with Gasteiger partial charge in [0.15, 0.2) is 0 Å². The van der Waals surface area contributed by atoms with Gasteiger partial charge >= 0.3 is 0 Å². The van der Waals surface area contributed by atoms with Crippen LogP contribution in [-0.4, -0.2) is 11.8 Å². The number of carbonyl (C=O) groups excluding carboxylic acids is 2. The number of imide groups is 1. The van der Waals surface area contributed by atoms with E-state index in [4.69, 9.17) is 11.6 Å². The number of anilines is 1. The van der Waals surface area contributed by atoms with Gasteiger partial charge in [-0.1, -0.05) is 11.6 Å². The van der Waals surface area contributed by atoms with Crippen molar-refractivity contribution in [3.8, 4) is 0 Å². The average Bonchev–Trinajstić information content (AvgIpc) is 3.08. The zero-order valence-corrected chi connectivity index (χ0v) is 11.4. The standard InChI is InChI=1S/C15H13ClFNO2/c16-10-6-9(3-4-11(10)17)18-14(19)12-7-1-2-8(5-7)13(12)15(18)20/h3-4,6-8,12-13H,1-2,5H2/t7-,8+,12-,13+. The van der Waals surface area contributed by atoms with E-state index in [9.17, 15) is 14.0 Å². The minimum atomic E-state index is -0.547. The number of carbonyl (C=O) groups is 2. The Labute approximate surface area is 120 Å². The average molecular weight is 294 g/mol. The van der Waals surface area contributed by atoms with Gasteiger partial charge in [-0.25, -0.2) is 9.29 Å². The fourth-order valence-electron chi connectivity index (χ4n) is 4.29. The first-order valence-corrected chi connectivity index (χ1v) is 7.28. The largest absolute Gasteiger partial charge is 0.274 e. The lowest BCUT2D eigenvalue weighted by Crippen LogP contribution is -2.32. The maximum absolute atomic E-state index is 13.2. The molecule has 1 heterocycles. The van der Waals surface area contributed by atoms with Crippen molar-refractivity contribution >= 4 is 29.1 Å². The van der Waals surface area contributed by atoms with Crippen LogP contribution in [0.4, 0.5) is 10.1 Å². The number of fused-ring (bicyclic) bond motifs is 5. The highest BCUT2D eigenvalue weighted by Crippen LogP contribution is 2.56. The van der Waals surface area contributed by atoms with E-state index in [1.165, 1.54) is 23.1 Å². The second-order valence-electron chi connectivity index (χ2n) is 6.00. The molecule has 1 aliphatic heterocycles. The summed E-state index contributed by atoms with van der Waals surface area (Å²) in [7, 11) is 0. The molecule has 1 aromatic carbocycles. The molecule has 0 unspecified atom stereocenters. The second kappa shape index (κ2) is 4.04. The summed E-state index contributed by atoms with van der Waals surface area (Å²) in [4.78, 5) is 26.3. The molecule has 3 fully saturated rings. The summed E-state index contributed by atoms with van der Waals surface area (Å²) in [5, 5.41) is -0.0665. The zero-order chi connectivity index (χ0) is 14.0. The van der Waals surface area contributed by atoms with Gasteiger partial charge in [0.25, 0.3) is 0 Å². The molecule has 2 aliphatic carbocycles. The minimum Gasteiger partial charge on any atom is -0.274 e. The summed E-state index contributed by atoms with van der Waals surface area (Å²) >= 11 is 5.75. The third-order valence-electron chi connectivity index (χ3n) is 5.09. The van der Waals surface area contributed by atoms with Crippen LogP contribution in [0, 0.1) is 29.5 Å². The molecule has 0 N–H and O–H groups in total. The Bertz CT molecular complexity index is 604. The first-order valence-electron chi connectivity index (χ1n) is 6.91. The Morgan fingerprint density at radius 1 is 1.10 bits per heavy atom. The Kier molecular flexibility index (Phi) is 2.49. The van der Waals surface area contributed by atoms with E-state index in [0.717, 1.165) is 19.3 Å². The lowest BCUT2D eigenvalue weighted by Gasteiger charge is -2.19. The summed E-state index contributed by atoms with van der Waals surface area (Å²) in [5.74, 6) is -0.431. The van der Waals surface area contributed by atoms with E-state index in [-0.39, 0.29) is 28.7 Å². The summed E-state index contributed by atoms with van der Waals surface area (Å²) in [5.41, 5.74) is 0.389. The summed E-state index contributed by atoms with van der Waals surface area (Å²) in [6.45, 7) is 0. The van der Waals surface area contributed by atoms with Gasteiger partial charge in [-0.2, -0.15) is 0 Å². The quantitative estimate of drug-likeness (QED) is 0.747. The molecule has 2 bridgehead atoms. The lowest BCUT2D eigenvalue weighted by atomic mass is 9.81. The van der Waals surface area contributed by atoms with Gasteiger partial charge in [-0.05, 0) is 49.3 Å². The molecule has 4 atom stereocenters. The molecule has 0 radical (unpaired) electrons. The van der Waals surface area contributed by atoms with Crippen molar-refractivity contribution in [1.82, 2.24) is 0 Å². The number of hydrogen-bond acceptors (Lipinski definition) is 2. The number of hydrogen-bond donors (Lipinski definition) is 0. The normalized spacial score (nSPS) is 35.0. The first kappa shape index (κ1) is 12.3. The highest BCUT2D eigenvalue weighted by Gasteiger charge is 2.61. The fourth-order valence-corrected chi connectivity index (χ4v) is 4.46. The molecule has 1 aromatic rings. The monoisotopic (exact) mass is 293 g/mol. The SMILES string of the molecule is O=C1[C@@H]2[C@@H]3CC[C@@H](C3)[C@@H]2C(=O)N1c1ccc(F)c(Cl)c1. The molecule has 2 saturated carbocycles. The molecule has 0 spiro atoms. The fraction of sp³-hybridized carbons (Fsp3) is 0.467. The Balaban J connectivity index is 1.74. The zero-order valence-electron chi connectivity index (χ0n) is 10.7. The molecule has 0 aromatic heterocycles. The molecule has 3 nitrogen and oxygen atoms in total. The molecule has 2 amide bonds. The van der Waals surface area contributed by atoms with E-state index in [1.54, 1.807) is 0 Å². The van der Waals surface area contributed by atoms with Crippen molar-refractivity contribution in [2.75, 3.05) is 4.90 Å². The van der Waals surface area contributed by atoms with Crippen molar-refractivity contribution in [3.05, 3.63) is 29.0 Å². The molecule has 1 saturated heterocycles. The third kappa shape index (κ3) is 1.46. The topological polar surface area (TPSA) is 37.4 Å². The van der Waals surface area contributed by atoms with Gasteiger partial charge in [0.2, 0.25) is 11.8 Å². The van der Waals surface area contributed by atoms with Gasteiger partial charge in [-0.15, -0.1) is 0 Å². The molecule has 20 heavy (non-hydrogen) atoms. The molecular formula is C15H13ClFNO2. The molecule has 4 rings (SSSR count). The van der Waals surface area contributed by atoms with E-state index < -0.39 is 5.82 Å². The van der Waals surface area contributed by atoms with Crippen LogP contribution in [0.25, 0.3) is 0 Å². The Hall–Kier alpha value is -1.42. The Morgan fingerprint density at radius 2 is 1.70 bits per heavy atom. The van der Waals surface area contributed by atoms with Crippen LogP contribution in [-0.2, 0) is 9.59 Å². The van der Waals surface area contributed by atoms with Crippen LogP contribution in [0.2, 0.25) is 5.02 Å². The number of halogens is 2. The van der Waals surface area contributed by atoms with Gasteiger partial charge in [0, 0.05) is 0 Å². The highest BCUT2D eigenvalue weighted by atomic mass is 35.5. The number of amides is 2. The highest BCUT2D eigenvalue weighted by molar-refractivity contribution is 6.31. The van der Waals surface area contributed by atoms with E-state index in [2.05, 4.69) is 0 Å². The van der Waals surface area contributed by atoms with Crippen LogP contribution in [0.15, 0.2) is 18.2 Å². The van der Waals surface area contributed by atoms with E-state index in [1.807, 2.05) is 0 Å². The smallest absolute Gasteiger partial charge is 0.237 e. The maximum Gasteiger partial charge on any atom is 0.237 e. The van der Waals surface area contributed by atoms with Crippen LogP contribution in [0.5, 0.6) is 0 Å². The predicted molar refractivity (Wildman–Crippen MR) is 71.7 cm³/mol. The molecular weight excluding hydrogens is 281 g/mol. The Morgan fingerprint density at radius 3 is 2.25 bits per heavy atom. The second-order valence-corrected chi connectivity index (χ2v) is 6.40. The van der Waals surface area contributed by atoms with Crippen LogP contribution in [0.1, 0.15) is 19.3 Å². The van der Waals surface area contributed by atoms with Crippen molar-refractivity contribution in [1.29, 1.82) is 0 Å². The summed E-state index contributed by atoms with van der Waals surface area (Å²) in [6, 6.07) is 4.00. The first-order chi connectivity index (χ1) is 9.58. The molecule has 104 valence electrons. The third-order valence-corrected chi connectivity index (χ3v) is 5.38. The van der Waals surface area contributed by atoms with Crippen molar-refractivity contribution in [2.24, 2.45) is 23.7 Å². The van der Waals surface area contributed by atoms with Crippen molar-refractivity contribution in [2.45, 2.75) is 19.3 Å². The van der Waals surface area contributed by atoms with E-state index in [0.29, 0.717) is 17.5 Å². The van der Waals surface area contributed by atoms with Gasteiger partial charge in [-0.3, -0.25) is 9.59 Å². The van der Waals surface area contributed by atoms with Gasteiger partial charge < -0.3 is 0 Å². The maximum atomic E-state index is 13.2. The van der Waals surface area contributed by atoms with Crippen molar-refractivity contribution < 1.29 is 14.0 Å². The molecule has 5 heteroatoms. The minimum absolute atomic E-state index is 0.0665. The lowest BCUT2D eigenvalue weighted by molar-refractivity contribution is -0.123. The van der Waals surface area contributed by atoms with Gasteiger partial charge in [0.05, 0.1) is 22.5 Å². The van der Waals surface area contributed by atoms with Crippen molar-refractivity contribution in [3.63, 3.8) is 0 Å². The number of nitrogens with zero attached hydrogens (tertiary/aromatic N) is 1. The summed E-state index contributed by atoms with van der Waals surface area (Å²) < 4.78 is 13.2. The van der Waals surface area contributed by atoms with Crippen LogP contribution < -0.4 is 4.90 Å². The van der Waals surface area contributed by atoms with Crippen LogP contribution in [0.3, 0.4) is 0 Å². The molecule has 3 aliphatic rings. The number of benzene rings is 1. The number of rotatable bonds is 1. The summed E-state index contributed by atoms with van der Waals surface area (Å²) in [6.07, 6.45) is 3.09.